The van der Waals surface area contributed by atoms with Crippen molar-refractivity contribution < 1.29 is 8.83 Å². The molecule has 0 aliphatic carbocycles. The minimum Gasteiger partial charge on any atom is -0.460 e. The maximum absolute atomic E-state index is 13.4. The van der Waals surface area contributed by atoms with Crippen molar-refractivity contribution in [1.82, 2.24) is 4.57 Å². The van der Waals surface area contributed by atoms with Crippen molar-refractivity contribution >= 4 is 28.8 Å². The molecule has 1 aliphatic heterocycles. The molecule has 38 heavy (non-hydrogen) atoms. The van der Waals surface area contributed by atoms with Crippen LogP contribution in [0.25, 0.3) is 40.1 Å². The van der Waals surface area contributed by atoms with Gasteiger partial charge in [-0.3, -0.25) is 9.36 Å². The second-order valence-electron chi connectivity index (χ2n) is 8.56. The third kappa shape index (κ3) is 3.77. The molecule has 0 amide bonds. The molecule has 6 rings (SSSR count). The Morgan fingerprint density at radius 3 is 2.05 bits per heavy atom. The average Bonchev–Trinajstić information content (AvgIpc) is 3.70. The van der Waals surface area contributed by atoms with Crippen LogP contribution in [0.5, 0.6) is 0 Å². The van der Waals surface area contributed by atoms with Crippen molar-refractivity contribution in [3.05, 3.63) is 122 Å². The van der Waals surface area contributed by atoms with E-state index in [1.54, 1.807) is 24.3 Å². The van der Waals surface area contributed by atoms with Gasteiger partial charge in [0.25, 0.3) is 5.56 Å². The summed E-state index contributed by atoms with van der Waals surface area (Å²) < 4.78 is 13.9. The van der Waals surface area contributed by atoms with Crippen molar-refractivity contribution in [1.29, 1.82) is 10.5 Å². The summed E-state index contributed by atoms with van der Waals surface area (Å²) in [7, 11) is 0. The zero-order valence-electron chi connectivity index (χ0n) is 19.8. The largest absolute Gasteiger partial charge is 0.460 e. The van der Waals surface area contributed by atoms with Gasteiger partial charge >= 0.3 is 0 Å². The number of aromatic nitrogens is 1. The predicted molar refractivity (Wildman–Crippen MR) is 144 cm³/mol. The Kier molecular flexibility index (Phi) is 5.65. The molecule has 0 saturated carbocycles. The molecule has 0 radical (unpaired) electrons. The number of nitrogens with two attached hydrogens (primary N) is 1. The molecule has 1 atom stereocenters. The number of rotatable bonds is 4. The van der Waals surface area contributed by atoms with Crippen molar-refractivity contribution in [2.24, 2.45) is 5.73 Å². The fourth-order valence-corrected chi connectivity index (χ4v) is 5.63. The van der Waals surface area contributed by atoms with Gasteiger partial charge < -0.3 is 14.6 Å². The fourth-order valence-electron chi connectivity index (χ4n) is 4.52. The molecule has 0 bridgehead atoms. The molecule has 0 unspecified atom stereocenters. The summed E-state index contributed by atoms with van der Waals surface area (Å²) in [6.45, 7) is 0. The lowest BCUT2D eigenvalue weighted by Gasteiger charge is -2.20. The summed E-state index contributed by atoms with van der Waals surface area (Å²) >= 11 is 1.12. The zero-order chi connectivity index (χ0) is 26.2. The third-order valence-corrected chi connectivity index (χ3v) is 7.43. The molecule has 2 N–H and O–H groups in total. The van der Waals surface area contributed by atoms with Crippen molar-refractivity contribution in [3.8, 4) is 34.8 Å². The summed E-state index contributed by atoms with van der Waals surface area (Å²) in [6, 6.07) is 30.6. The van der Waals surface area contributed by atoms with Crippen LogP contribution in [0.4, 0.5) is 0 Å². The van der Waals surface area contributed by atoms with Crippen LogP contribution < -0.4 is 20.5 Å². The third-order valence-electron chi connectivity index (χ3n) is 6.32. The minimum atomic E-state index is -0.832. The summed E-state index contributed by atoms with van der Waals surface area (Å²) in [5.74, 6) is 1.30. The topological polar surface area (TPSA) is 122 Å². The number of hydrogen-bond acceptors (Lipinski definition) is 7. The van der Waals surface area contributed by atoms with E-state index in [-0.39, 0.29) is 17.0 Å². The average molecular weight is 515 g/mol. The summed E-state index contributed by atoms with van der Waals surface area (Å²) in [5.41, 5.74) is 8.03. The van der Waals surface area contributed by atoms with Gasteiger partial charge in [0.05, 0.1) is 33.7 Å². The molecular weight excluding hydrogens is 496 g/mol. The molecule has 1 aliphatic rings. The molecular formula is C30H18N4O3S. The normalized spacial score (nSPS) is 15.3. The number of nitriles is 2. The first-order chi connectivity index (χ1) is 18.6. The standard InChI is InChI=1S/C30H18N4O3S/c31-16-21-27(25-14-13-24(37-25)19-9-5-2-6-10-19)22(17-32)30-34(28(21)33)29(35)26(38-30)15-20-11-12-23(36-20)18-7-3-1-4-8-18/h1-15,27H,33H2/b26-15-/t27-/m0/s1. The van der Waals surface area contributed by atoms with Gasteiger partial charge in [0.2, 0.25) is 0 Å². The highest BCUT2D eigenvalue weighted by molar-refractivity contribution is 7.07. The first kappa shape index (κ1) is 23.1. The van der Waals surface area contributed by atoms with Crippen LogP contribution in [0.2, 0.25) is 0 Å². The lowest BCUT2D eigenvalue weighted by molar-refractivity contribution is 0.521. The van der Waals surface area contributed by atoms with E-state index >= 15 is 0 Å². The smallest absolute Gasteiger partial charge is 0.274 e. The Labute approximate surface area is 220 Å². The molecule has 3 aromatic heterocycles. The van der Waals surface area contributed by atoms with Gasteiger partial charge in [0.1, 0.15) is 33.5 Å². The predicted octanol–water partition coefficient (Wildman–Crippen LogP) is 4.38. The monoisotopic (exact) mass is 514 g/mol. The van der Waals surface area contributed by atoms with Crippen molar-refractivity contribution in [3.63, 3.8) is 0 Å². The maximum atomic E-state index is 13.4. The van der Waals surface area contributed by atoms with Crippen LogP contribution >= 0.6 is 11.3 Å². The van der Waals surface area contributed by atoms with Gasteiger partial charge in [-0.2, -0.15) is 10.5 Å². The fraction of sp³-hybridized carbons (Fsp3) is 0.0333. The van der Waals surface area contributed by atoms with Gasteiger partial charge in [0, 0.05) is 17.2 Å². The van der Waals surface area contributed by atoms with E-state index in [0.29, 0.717) is 32.2 Å². The van der Waals surface area contributed by atoms with Crippen LogP contribution in [0, 0.1) is 22.7 Å². The van der Waals surface area contributed by atoms with Gasteiger partial charge in [-0.1, -0.05) is 60.7 Å². The summed E-state index contributed by atoms with van der Waals surface area (Å²) in [4.78, 5) is 13.4. The molecule has 0 fully saturated rings. The highest BCUT2D eigenvalue weighted by atomic mass is 32.1. The van der Waals surface area contributed by atoms with E-state index in [9.17, 15) is 15.3 Å². The van der Waals surface area contributed by atoms with Crippen LogP contribution in [0.15, 0.2) is 104 Å². The zero-order valence-corrected chi connectivity index (χ0v) is 20.6. The minimum absolute atomic E-state index is 0.0190. The second kappa shape index (κ2) is 9.29. The number of furan rings is 2. The number of nitrogens with zero attached hydrogens (tertiary/aromatic N) is 3. The van der Waals surface area contributed by atoms with E-state index in [1.165, 1.54) is 4.57 Å². The van der Waals surface area contributed by atoms with E-state index < -0.39 is 11.5 Å². The van der Waals surface area contributed by atoms with Crippen molar-refractivity contribution in [2.45, 2.75) is 5.92 Å². The summed E-state index contributed by atoms with van der Waals surface area (Å²) in [5, 5.41) is 20.2. The molecule has 182 valence electrons. The Morgan fingerprint density at radius 2 is 1.42 bits per heavy atom. The molecule has 5 aromatic rings. The molecule has 7 nitrogen and oxygen atoms in total. The Balaban J connectivity index is 1.50. The van der Waals surface area contributed by atoms with Gasteiger partial charge in [-0.15, -0.1) is 11.3 Å². The number of benzene rings is 2. The number of allylic oxidation sites excluding steroid dienone is 1. The number of hydrogen-bond donors (Lipinski definition) is 1. The van der Waals surface area contributed by atoms with E-state index in [2.05, 4.69) is 12.1 Å². The van der Waals surface area contributed by atoms with E-state index in [4.69, 9.17) is 14.6 Å². The van der Waals surface area contributed by atoms with Crippen molar-refractivity contribution in [2.75, 3.05) is 0 Å². The lowest BCUT2D eigenvalue weighted by Crippen LogP contribution is -2.38. The van der Waals surface area contributed by atoms with Gasteiger partial charge in [-0.25, -0.2) is 0 Å². The number of thiazole rings is 1. The highest BCUT2D eigenvalue weighted by Crippen LogP contribution is 2.38. The Hall–Kier alpha value is -5.31. The van der Waals surface area contributed by atoms with E-state index in [0.717, 1.165) is 22.5 Å². The Bertz CT molecular complexity index is 1980. The first-order valence-electron chi connectivity index (χ1n) is 11.7. The van der Waals surface area contributed by atoms with Gasteiger partial charge in [0.15, 0.2) is 0 Å². The molecule has 4 heterocycles. The van der Waals surface area contributed by atoms with Crippen LogP contribution in [-0.4, -0.2) is 4.57 Å². The number of fused-ring (bicyclic) bond motifs is 1. The van der Waals surface area contributed by atoms with Crippen LogP contribution in [-0.2, 0) is 0 Å². The first-order valence-corrected chi connectivity index (χ1v) is 12.5. The summed E-state index contributed by atoms with van der Waals surface area (Å²) in [6.07, 6.45) is 1.62. The van der Waals surface area contributed by atoms with Crippen LogP contribution in [0.3, 0.4) is 0 Å². The lowest BCUT2D eigenvalue weighted by atomic mass is 9.88. The van der Waals surface area contributed by atoms with E-state index in [1.807, 2.05) is 66.7 Å². The highest BCUT2D eigenvalue weighted by Gasteiger charge is 2.34. The molecule has 0 spiro atoms. The molecule has 0 saturated heterocycles. The van der Waals surface area contributed by atoms with Crippen LogP contribution in [0.1, 0.15) is 17.4 Å². The maximum Gasteiger partial charge on any atom is 0.274 e. The SMILES string of the molecule is N#CC1=C(N)n2c(s/c(=C\c3ccc(-c4ccccc4)o3)c2=O)=C(C#N)[C@H]1c1ccc(-c2ccccc2)o1. The molecule has 2 aromatic carbocycles. The molecule has 8 heteroatoms. The van der Waals surface area contributed by atoms with Gasteiger partial charge in [-0.05, 0) is 24.3 Å². The quantitative estimate of drug-likeness (QED) is 0.380. The Morgan fingerprint density at radius 1 is 0.816 bits per heavy atom. The second-order valence-corrected chi connectivity index (χ2v) is 9.59.